The Morgan fingerprint density at radius 2 is 1.71 bits per heavy atom. The van der Waals surface area contributed by atoms with Crippen LogP contribution in [-0.2, 0) is 0 Å². The molecule has 0 bridgehead atoms. The quantitative estimate of drug-likeness (QED) is 0.752. The Labute approximate surface area is 138 Å². The lowest BCUT2D eigenvalue weighted by molar-refractivity contribution is 0.102. The number of hydrogen-bond donors (Lipinski definition) is 2. The van der Waals surface area contributed by atoms with Crippen molar-refractivity contribution in [1.29, 1.82) is 0 Å². The van der Waals surface area contributed by atoms with Gasteiger partial charge in [-0.05, 0) is 6.07 Å². The summed E-state index contributed by atoms with van der Waals surface area (Å²) in [6.45, 7) is 0. The average Bonchev–Trinajstić information content (AvgIpc) is 3.05. The van der Waals surface area contributed by atoms with Crippen LogP contribution in [0.3, 0.4) is 0 Å². The molecule has 0 unspecified atom stereocenters. The molecule has 0 aliphatic rings. The third kappa shape index (κ3) is 2.71. The van der Waals surface area contributed by atoms with Crippen molar-refractivity contribution in [3.63, 3.8) is 0 Å². The predicted octanol–water partition coefficient (Wildman–Crippen LogP) is 2.84. The Kier molecular flexibility index (Phi) is 4.24. The lowest BCUT2D eigenvalue weighted by Crippen LogP contribution is -2.13. The molecule has 124 valence electrons. The topological polar surface area (TPSA) is 85.5 Å². The molecular formula is C17H17N3O4. The zero-order valence-electron chi connectivity index (χ0n) is 13.5. The fraction of sp³-hybridized carbons (Fsp3) is 0.176. The molecule has 0 aliphatic carbocycles. The first-order chi connectivity index (χ1) is 11.7. The van der Waals surface area contributed by atoms with E-state index < -0.39 is 0 Å². The van der Waals surface area contributed by atoms with E-state index in [-0.39, 0.29) is 5.91 Å². The maximum atomic E-state index is 12.5. The summed E-state index contributed by atoms with van der Waals surface area (Å²) in [6.07, 6.45) is 0. The fourth-order valence-electron chi connectivity index (χ4n) is 2.48. The van der Waals surface area contributed by atoms with E-state index in [1.807, 2.05) is 24.3 Å². The molecule has 1 amide bonds. The Balaban J connectivity index is 1.94. The van der Waals surface area contributed by atoms with Gasteiger partial charge in [0.05, 0.1) is 26.8 Å². The van der Waals surface area contributed by atoms with Crippen LogP contribution >= 0.6 is 0 Å². The van der Waals surface area contributed by atoms with Gasteiger partial charge in [-0.2, -0.15) is 5.10 Å². The number of rotatable bonds is 5. The summed E-state index contributed by atoms with van der Waals surface area (Å²) < 4.78 is 15.8. The maximum Gasteiger partial charge on any atom is 0.276 e. The van der Waals surface area contributed by atoms with Gasteiger partial charge in [0.25, 0.3) is 5.91 Å². The van der Waals surface area contributed by atoms with E-state index in [9.17, 15) is 4.79 Å². The average molecular weight is 327 g/mol. The van der Waals surface area contributed by atoms with Crippen LogP contribution < -0.4 is 19.5 Å². The number of nitrogens with one attached hydrogen (secondary N) is 2. The molecule has 0 radical (unpaired) electrons. The molecule has 0 aliphatic heterocycles. The minimum atomic E-state index is -0.332. The van der Waals surface area contributed by atoms with Crippen LogP contribution in [0.5, 0.6) is 17.2 Å². The number of benzene rings is 2. The summed E-state index contributed by atoms with van der Waals surface area (Å²) in [6, 6.07) is 10.7. The molecule has 0 spiro atoms. The third-order valence-electron chi connectivity index (χ3n) is 3.61. The van der Waals surface area contributed by atoms with Crippen molar-refractivity contribution in [1.82, 2.24) is 10.2 Å². The number of carbonyl (C=O) groups is 1. The van der Waals surface area contributed by atoms with E-state index in [1.54, 1.807) is 12.1 Å². The molecule has 1 aromatic heterocycles. The first kappa shape index (κ1) is 15.7. The molecule has 7 heteroatoms. The van der Waals surface area contributed by atoms with Crippen LogP contribution in [0.2, 0.25) is 0 Å². The maximum absolute atomic E-state index is 12.5. The molecule has 1 heterocycles. The largest absolute Gasteiger partial charge is 0.493 e. The standard InChI is InChI=1S/C17H17N3O4/c1-22-13-8-10(9-14(23-2)16(13)24-3)18-17(21)15-11-6-4-5-7-12(11)19-20-15/h4-9H,1-3H3,(H,18,21)(H,19,20). The molecule has 3 rings (SSSR count). The second-order valence-electron chi connectivity index (χ2n) is 4.99. The van der Waals surface area contributed by atoms with Crippen molar-refractivity contribution in [3.8, 4) is 17.2 Å². The zero-order chi connectivity index (χ0) is 17.1. The molecule has 0 fully saturated rings. The minimum Gasteiger partial charge on any atom is -0.493 e. The number of methoxy groups -OCH3 is 3. The van der Waals surface area contributed by atoms with Crippen LogP contribution in [0, 0.1) is 0 Å². The van der Waals surface area contributed by atoms with E-state index in [0.29, 0.717) is 28.6 Å². The van der Waals surface area contributed by atoms with Crippen LogP contribution in [0.15, 0.2) is 36.4 Å². The van der Waals surface area contributed by atoms with Gasteiger partial charge in [-0.25, -0.2) is 0 Å². The SMILES string of the molecule is COc1cc(NC(=O)c2n[nH]c3ccccc23)cc(OC)c1OC. The Morgan fingerprint density at radius 1 is 1.04 bits per heavy atom. The molecule has 0 saturated heterocycles. The third-order valence-corrected chi connectivity index (χ3v) is 3.61. The minimum absolute atomic E-state index is 0.319. The van der Waals surface area contributed by atoms with Crippen molar-refractivity contribution in [2.24, 2.45) is 0 Å². The van der Waals surface area contributed by atoms with Gasteiger partial charge in [0.15, 0.2) is 17.2 Å². The fourth-order valence-corrected chi connectivity index (χ4v) is 2.48. The molecule has 2 N–H and O–H groups in total. The van der Waals surface area contributed by atoms with E-state index in [0.717, 1.165) is 10.9 Å². The van der Waals surface area contributed by atoms with Crippen LogP contribution in [-0.4, -0.2) is 37.4 Å². The molecule has 2 aromatic carbocycles. The molecule has 24 heavy (non-hydrogen) atoms. The highest BCUT2D eigenvalue weighted by Crippen LogP contribution is 2.40. The van der Waals surface area contributed by atoms with Crippen LogP contribution in [0.25, 0.3) is 10.9 Å². The van der Waals surface area contributed by atoms with Gasteiger partial charge in [-0.1, -0.05) is 18.2 Å². The first-order valence-corrected chi connectivity index (χ1v) is 7.22. The number of anilines is 1. The van der Waals surface area contributed by atoms with Gasteiger partial charge in [-0.3, -0.25) is 9.89 Å². The van der Waals surface area contributed by atoms with Crippen LogP contribution in [0.4, 0.5) is 5.69 Å². The van der Waals surface area contributed by atoms with E-state index in [1.165, 1.54) is 21.3 Å². The smallest absolute Gasteiger partial charge is 0.276 e. The normalized spacial score (nSPS) is 10.5. The van der Waals surface area contributed by atoms with Gasteiger partial charge >= 0.3 is 0 Å². The molecule has 7 nitrogen and oxygen atoms in total. The summed E-state index contributed by atoms with van der Waals surface area (Å²) in [4.78, 5) is 12.5. The number of H-pyrrole nitrogens is 1. The van der Waals surface area contributed by atoms with Gasteiger partial charge in [-0.15, -0.1) is 0 Å². The van der Waals surface area contributed by atoms with Gasteiger partial charge in [0.1, 0.15) is 0 Å². The molecule has 0 saturated carbocycles. The van der Waals surface area contributed by atoms with E-state index in [2.05, 4.69) is 15.5 Å². The number of fused-ring (bicyclic) bond motifs is 1. The van der Waals surface area contributed by atoms with Crippen molar-refractivity contribution >= 4 is 22.5 Å². The van der Waals surface area contributed by atoms with E-state index in [4.69, 9.17) is 14.2 Å². The number of ether oxygens (including phenoxy) is 3. The summed E-state index contributed by atoms with van der Waals surface area (Å²) >= 11 is 0. The van der Waals surface area contributed by atoms with E-state index >= 15 is 0 Å². The van der Waals surface area contributed by atoms with Gasteiger partial charge in [0.2, 0.25) is 5.75 Å². The number of nitrogens with zero attached hydrogens (tertiary/aromatic N) is 1. The number of amides is 1. The van der Waals surface area contributed by atoms with Crippen LogP contribution in [0.1, 0.15) is 10.5 Å². The van der Waals surface area contributed by atoms with Crippen molar-refractivity contribution in [2.75, 3.05) is 26.6 Å². The zero-order valence-corrected chi connectivity index (χ0v) is 13.5. The Bertz CT molecular complexity index is 863. The molecule has 0 atom stereocenters. The second-order valence-corrected chi connectivity index (χ2v) is 4.99. The van der Waals surface area contributed by atoms with Gasteiger partial charge < -0.3 is 19.5 Å². The molecular weight excluding hydrogens is 310 g/mol. The summed E-state index contributed by atoms with van der Waals surface area (Å²) in [7, 11) is 4.56. The number of aromatic amines is 1. The number of carbonyl (C=O) groups excluding carboxylic acids is 1. The monoisotopic (exact) mass is 327 g/mol. The van der Waals surface area contributed by atoms with Gasteiger partial charge in [0, 0.05) is 23.2 Å². The Morgan fingerprint density at radius 3 is 2.33 bits per heavy atom. The molecule has 3 aromatic rings. The highest BCUT2D eigenvalue weighted by atomic mass is 16.5. The summed E-state index contributed by atoms with van der Waals surface area (Å²) in [5.74, 6) is 1.04. The predicted molar refractivity (Wildman–Crippen MR) is 90.1 cm³/mol. The first-order valence-electron chi connectivity index (χ1n) is 7.22. The van der Waals surface area contributed by atoms with Crippen molar-refractivity contribution < 1.29 is 19.0 Å². The summed E-state index contributed by atoms with van der Waals surface area (Å²) in [5.41, 5.74) is 1.63. The lowest BCUT2D eigenvalue weighted by Gasteiger charge is -2.14. The number of hydrogen-bond acceptors (Lipinski definition) is 5. The second kappa shape index (κ2) is 6.49. The number of aromatic nitrogens is 2. The number of para-hydroxylation sites is 1. The summed E-state index contributed by atoms with van der Waals surface area (Å²) in [5, 5.41) is 10.5. The lowest BCUT2D eigenvalue weighted by atomic mass is 10.2. The Hall–Kier alpha value is -3.22. The highest BCUT2D eigenvalue weighted by Gasteiger charge is 2.17. The van der Waals surface area contributed by atoms with Crippen molar-refractivity contribution in [3.05, 3.63) is 42.1 Å². The van der Waals surface area contributed by atoms with Crippen molar-refractivity contribution in [2.45, 2.75) is 0 Å². The highest BCUT2D eigenvalue weighted by molar-refractivity contribution is 6.11.